The molecule has 1 rings (SSSR count). The number of hydrogen-bond acceptors (Lipinski definition) is 2. The zero-order chi connectivity index (χ0) is 8.81. The summed E-state index contributed by atoms with van der Waals surface area (Å²) in [5.74, 6) is 5.76. The lowest BCUT2D eigenvalue weighted by atomic mass is 10.3. The zero-order valence-corrected chi connectivity index (χ0v) is 8.26. The first-order valence-corrected chi connectivity index (χ1v) is 4.20. The van der Waals surface area contributed by atoms with E-state index in [1.165, 1.54) is 0 Å². The van der Waals surface area contributed by atoms with Gasteiger partial charge in [0, 0.05) is 29.5 Å². The third-order valence-corrected chi connectivity index (χ3v) is 1.59. The van der Waals surface area contributed by atoms with Crippen molar-refractivity contribution in [3.8, 4) is 11.8 Å². The van der Waals surface area contributed by atoms with Gasteiger partial charge in [-0.05, 0) is 22.0 Å². The summed E-state index contributed by atoms with van der Waals surface area (Å²) in [5, 5.41) is 0. The van der Waals surface area contributed by atoms with E-state index in [4.69, 9.17) is 4.74 Å². The molecule has 0 aliphatic rings. The highest BCUT2D eigenvalue weighted by molar-refractivity contribution is 9.10. The molecule has 0 bridgehead atoms. The van der Waals surface area contributed by atoms with Crippen LogP contribution in [0.15, 0.2) is 22.9 Å². The summed E-state index contributed by atoms with van der Waals surface area (Å²) in [4.78, 5) is 3.97. The Hall–Kier alpha value is -0.850. The lowest BCUT2D eigenvalue weighted by Crippen LogP contribution is -1.82. The van der Waals surface area contributed by atoms with Crippen molar-refractivity contribution in [3.05, 3.63) is 28.5 Å². The van der Waals surface area contributed by atoms with Gasteiger partial charge in [-0.3, -0.25) is 4.98 Å². The van der Waals surface area contributed by atoms with Gasteiger partial charge in [-0.25, -0.2) is 0 Å². The van der Waals surface area contributed by atoms with Crippen molar-refractivity contribution in [1.82, 2.24) is 4.98 Å². The second-order valence-corrected chi connectivity index (χ2v) is 3.04. The van der Waals surface area contributed by atoms with Crippen molar-refractivity contribution in [2.75, 3.05) is 13.7 Å². The van der Waals surface area contributed by atoms with E-state index >= 15 is 0 Å². The van der Waals surface area contributed by atoms with E-state index in [1.54, 1.807) is 19.5 Å². The molecular formula is C9H8BrNO. The average molecular weight is 226 g/mol. The maximum Gasteiger partial charge on any atom is 0.107 e. The lowest BCUT2D eigenvalue weighted by molar-refractivity contribution is 0.240. The van der Waals surface area contributed by atoms with Gasteiger partial charge in [0.2, 0.25) is 0 Å². The van der Waals surface area contributed by atoms with Crippen LogP contribution in [0.25, 0.3) is 0 Å². The monoisotopic (exact) mass is 225 g/mol. The van der Waals surface area contributed by atoms with Crippen LogP contribution in [0.1, 0.15) is 5.56 Å². The molecule has 0 saturated carbocycles. The Morgan fingerprint density at radius 1 is 1.58 bits per heavy atom. The van der Waals surface area contributed by atoms with Crippen LogP contribution in [-0.2, 0) is 4.74 Å². The first-order valence-electron chi connectivity index (χ1n) is 3.41. The number of pyridine rings is 1. The summed E-state index contributed by atoms with van der Waals surface area (Å²) in [6, 6.07) is 1.91. The summed E-state index contributed by atoms with van der Waals surface area (Å²) >= 11 is 3.31. The molecule has 1 aromatic rings. The van der Waals surface area contributed by atoms with E-state index < -0.39 is 0 Å². The van der Waals surface area contributed by atoms with Gasteiger partial charge in [0.1, 0.15) is 6.61 Å². The Morgan fingerprint density at radius 3 is 3.08 bits per heavy atom. The van der Waals surface area contributed by atoms with Gasteiger partial charge in [-0.2, -0.15) is 0 Å². The van der Waals surface area contributed by atoms with E-state index in [0.717, 1.165) is 10.0 Å². The smallest absolute Gasteiger partial charge is 0.107 e. The fourth-order valence-electron chi connectivity index (χ4n) is 0.691. The summed E-state index contributed by atoms with van der Waals surface area (Å²) in [7, 11) is 1.62. The Bertz CT molecular complexity index is 314. The summed E-state index contributed by atoms with van der Waals surface area (Å²) in [5.41, 5.74) is 0.890. The molecule has 0 amide bonds. The number of nitrogens with zero attached hydrogens (tertiary/aromatic N) is 1. The van der Waals surface area contributed by atoms with Crippen molar-refractivity contribution >= 4 is 15.9 Å². The fraction of sp³-hybridized carbons (Fsp3) is 0.222. The highest BCUT2D eigenvalue weighted by Crippen LogP contribution is 2.07. The molecule has 3 heteroatoms. The lowest BCUT2D eigenvalue weighted by Gasteiger charge is -1.89. The van der Waals surface area contributed by atoms with Crippen molar-refractivity contribution in [1.29, 1.82) is 0 Å². The summed E-state index contributed by atoms with van der Waals surface area (Å²) in [6.45, 7) is 0.451. The van der Waals surface area contributed by atoms with Crippen LogP contribution >= 0.6 is 15.9 Å². The fourth-order valence-corrected chi connectivity index (χ4v) is 1.06. The maximum atomic E-state index is 4.79. The van der Waals surface area contributed by atoms with Gasteiger partial charge in [-0.1, -0.05) is 11.8 Å². The SMILES string of the molecule is COCC#Cc1cncc(Br)c1. The molecule has 0 saturated heterocycles. The van der Waals surface area contributed by atoms with Crippen LogP contribution in [0, 0.1) is 11.8 Å². The third-order valence-electron chi connectivity index (χ3n) is 1.15. The van der Waals surface area contributed by atoms with Gasteiger partial charge < -0.3 is 4.74 Å². The molecule has 2 nitrogen and oxygen atoms in total. The highest BCUT2D eigenvalue weighted by atomic mass is 79.9. The van der Waals surface area contributed by atoms with Gasteiger partial charge in [0.15, 0.2) is 0 Å². The molecule has 0 atom stereocenters. The predicted octanol–water partition coefficient (Wildman–Crippen LogP) is 1.84. The van der Waals surface area contributed by atoms with Crippen LogP contribution in [0.5, 0.6) is 0 Å². The predicted molar refractivity (Wildman–Crippen MR) is 50.7 cm³/mol. The number of aromatic nitrogens is 1. The highest BCUT2D eigenvalue weighted by Gasteiger charge is 1.88. The standard InChI is InChI=1S/C9H8BrNO/c1-12-4-2-3-8-5-9(10)7-11-6-8/h5-7H,4H2,1H3. The molecular weight excluding hydrogens is 218 g/mol. The van der Waals surface area contributed by atoms with E-state index in [-0.39, 0.29) is 0 Å². The summed E-state index contributed by atoms with van der Waals surface area (Å²) < 4.78 is 5.72. The Morgan fingerprint density at radius 2 is 2.42 bits per heavy atom. The quantitative estimate of drug-likeness (QED) is 0.681. The number of rotatable bonds is 1. The molecule has 1 heterocycles. The Labute approximate surface area is 80.1 Å². The minimum absolute atomic E-state index is 0.451. The zero-order valence-electron chi connectivity index (χ0n) is 6.67. The van der Waals surface area contributed by atoms with Crippen LogP contribution in [-0.4, -0.2) is 18.7 Å². The first kappa shape index (κ1) is 9.24. The summed E-state index contributed by atoms with van der Waals surface area (Å²) in [6.07, 6.45) is 3.44. The molecule has 0 radical (unpaired) electrons. The van der Waals surface area contributed by atoms with Crippen LogP contribution in [0.3, 0.4) is 0 Å². The minimum atomic E-state index is 0.451. The first-order chi connectivity index (χ1) is 5.83. The van der Waals surface area contributed by atoms with Crippen LogP contribution in [0.4, 0.5) is 0 Å². The van der Waals surface area contributed by atoms with E-state index in [2.05, 4.69) is 32.8 Å². The average Bonchev–Trinajstić information content (AvgIpc) is 2.05. The van der Waals surface area contributed by atoms with Gasteiger partial charge in [0.05, 0.1) is 0 Å². The number of halogens is 1. The van der Waals surface area contributed by atoms with Crippen molar-refractivity contribution in [2.45, 2.75) is 0 Å². The van der Waals surface area contributed by atoms with E-state index in [9.17, 15) is 0 Å². The number of ether oxygens (including phenoxy) is 1. The maximum absolute atomic E-state index is 4.79. The van der Waals surface area contributed by atoms with Crippen LogP contribution in [0.2, 0.25) is 0 Å². The van der Waals surface area contributed by atoms with Crippen molar-refractivity contribution in [3.63, 3.8) is 0 Å². The number of hydrogen-bond donors (Lipinski definition) is 0. The molecule has 0 unspecified atom stereocenters. The third kappa shape index (κ3) is 3.04. The molecule has 0 N–H and O–H groups in total. The van der Waals surface area contributed by atoms with Gasteiger partial charge in [-0.15, -0.1) is 0 Å². The molecule has 0 aromatic carbocycles. The molecule has 1 aromatic heterocycles. The van der Waals surface area contributed by atoms with E-state index in [0.29, 0.717) is 6.61 Å². The minimum Gasteiger partial charge on any atom is -0.372 e. The van der Waals surface area contributed by atoms with Gasteiger partial charge in [0.25, 0.3) is 0 Å². The molecule has 0 aliphatic heterocycles. The van der Waals surface area contributed by atoms with Crippen molar-refractivity contribution in [2.24, 2.45) is 0 Å². The second kappa shape index (κ2) is 4.91. The van der Waals surface area contributed by atoms with E-state index in [1.807, 2.05) is 6.07 Å². The second-order valence-electron chi connectivity index (χ2n) is 2.13. The molecule has 62 valence electrons. The van der Waals surface area contributed by atoms with Crippen LogP contribution < -0.4 is 0 Å². The molecule has 0 fully saturated rings. The largest absolute Gasteiger partial charge is 0.372 e. The van der Waals surface area contributed by atoms with Crippen molar-refractivity contribution < 1.29 is 4.74 Å². The number of methoxy groups -OCH3 is 1. The molecule has 12 heavy (non-hydrogen) atoms. The normalized spacial score (nSPS) is 8.83. The Kier molecular flexibility index (Phi) is 3.78. The molecule has 0 spiro atoms. The Balaban J connectivity index is 2.71. The topological polar surface area (TPSA) is 22.1 Å². The molecule has 0 aliphatic carbocycles. The van der Waals surface area contributed by atoms with Gasteiger partial charge >= 0.3 is 0 Å².